The largest absolute Gasteiger partial charge is 0.454 e. The van der Waals surface area contributed by atoms with E-state index >= 15 is 0 Å². The molecule has 1 aliphatic carbocycles. The zero-order chi connectivity index (χ0) is 17.8. The molecule has 1 amide bonds. The minimum atomic E-state index is -0.145. The molecule has 1 N–H and O–H groups in total. The van der Waals surface area contributed by atoms with Crippen LogP contribution in [-0.4, -0.2) is 12.7 Å². The van der Waals surface area contributed by atoms with Gasteiger partial charge in [-0.05, 0) is 60.2 Å². The number of hydrogen-bond acceptors (Lipinski definition) is 3. The summed E-state index contributed by atoms with van der Waals surface area (Å²) in [6, 6.07) is 13.9. The molecule has 4 rings (SSSR count). The molecule has 2 aliphatic rings. The lowest BCUT2D eigenvalue weighted by molar-refractivity contribution is -0.111. The number of carbonyl (C=O) groups excluding carboxylic acids is 1. The van der Waals surface area contributed by atoms with Crippen LogP contribution in [0.4, 0.5) is 5.69 Å². The Kier molecular flexibility index (Phi) is 4.91. The number of anilines is 1. The van der Waals surface area contributed by atoms with E-state index in [-0.39, 0.29) is 12.7 Å². The van der Waals surface area contributed by atoms with Gasteiger partial charge in [0.1, 0.15) is 0 Å². The Bertz CT molecular complexity index is 805. The summed E-state index contributed by atoms with van der Waals surface area (Å²) in [6.07, 6.45) is 9.89. The predicted molar refractivity (Wildman–Crippen MR) is 102 cm³/mol. The van der Waals surface area contributed by atoms with Gasteiger partial charge in [-0.2, -0.15) is 0 Å². The van der Waals surface area contributed by atoms with Gasteiger partial charge in [0.15, 0.2) is 11.5 Å². The summed E-state index contributed by atoms with van der Waals surface area (Å²) >= 11 is 0. The number of hydrogen-bond donors (Lipinski definition) is 1. The second kappa shape index (κ2) is 7.65. The van der Waals surface area contributed by atoms with Crippen molar-refractivity contribution in [2.75, 3.05) is 12.1 Å². The standard InChI is InChI=1S/C22H23NO3/c24-22(13-7-16-6-12-20-21(14-16)26-15-25-20)23-19-10-8-18(9-11-19)17-4-2-1-3-5-17/h6-14,17H,1-5,15H2,(H,23,24)/b13-7+. The number of ether oxygens (including phenoxy) is 2. The summed E-state index contributed by atoms with van der Waals surface area (Å²) < 4.78 is 10.6. The van der Waals surface area contributed by atoms with Gasteiger partial charge >= 0.3 is 0 Å². The second-order valence-corrected chi connectivity index (χ2v) is 6.89. The van der Waals surface area contributed by atoms with Gasteiger partial charge in [0, 0.05) is 11.8 Å². The van der Waals surface area contributed by atoms with Crippen molar-refractivity contribution >= 4 is 17.7 Å². The molecule has 0 radical (unpaired) electrons. The third-order valence-electron chi connectivity index (χ3n) is 5.08. The first-order valence-corrected chi connectivity index (χ1v) is 9.26. The van der Waals surface area contributed by atoms with Gasteiger partial charge < -0.3 is 14.8 Å². The first kappa shape index (κ1) is 16.7. The molecule has 0 atom stereocenters. The highest BCUT2D eigenvalue weighted by Gasteiger charge is 2.15. The number of nitrogens with one attached hydrogen (secondary N) is 1. The number of amides is 1. The third-order valence-corrected chi connectivity index (χ3v) is 5.08. The number of rotatable bonds is 4. The molecule has 0 spiro atoms. The van der Waals surface area contributed by atoms with Crippen LogP contribution in [0.1, 0.15) is 49.1 Å². The molecule has 134 valence electrons. The van der Waals surface area contributed by atoms with Crippen LogP contribution in [0.2, 0.25) is 0 Å². The Balaban J connectivity index is 1.35. The van der Waals surface area contributed by atoms with Crippen molar-refractivity contribution in [2.24, 2.45) is 0 Å². The lowest BCUT2D eigenvalue weighted by Crippen LogP contribution is -2.08. The highest BCUT2D eigenvalue weighted by Crippen LogP contribution is 2.33. The fourth-order valence-corrected chi connectivity index (χ4v) is 3.65. The van der Waals surface area contributed by atoms with Gasteiger partial charge in [0.25, 0.3) is 0 Å². The predicted octanol–water partition coefficient (Wildman–Crippen LogP) is 5.11. The maximum atomic E-state index is 12.2. The molecule has 0 bridgehead atoms. The number of fused-ring (bicyclic) bond motifs is 1. The molecular formula is C22H23NO3. The maximum absolute atomic E-state index is 12.2. The molecule has 4 nitrogen and oxygen atoms in total. The topological polar surface area (TPSA) is 47.6 Å². The highest BCUT2D eigenvalue weighted by atomic mass is 16.7. The van der Waals surface area contributed by atoms with E-state index in [1.54, 1.807) is 6.08 Å². The van der Waals surface area contributed by atoms with Crippen LogP contribution in [0.3, 0.4) is 0 Å². The zero-order valence-electron chi connectivity index (χ0n) is 14.7. The Morgan fingerprint density at radius 2 is 1.73 bits per heavy atom. The van der Waals surface area contributed by atoms with E-state index in [0.717, 1.165) is 17.0 Å². The quantitative estimate of drug-likeness (QED) is 0.780. The molecule has 26 heavy (non-hydrogen) atoms. The first-order chi connectivity index (χ1) is 12.8. The number of benzene rings is 2. The second-order valence-electron chi connectivity index (χ2n) is 6.89. The summed E-state index contributed by atoms with van der Waals surface area (Å²) in [5.41, 5.74) is 3.11. The van der Waals surface area contributed by atoms with E-state index in [2.05, 4.69) is 17.4 Å². The van der Waals surface area contributed by atoms with Crippen LogP contribution in [0.25, 0.3) is 6.08 Å². The van der Waals surface area contributed by atoms with Crippen LogP contribution in [0.5, 0.6) is 11.5 Å². The van der Waals surface area contributed by atoms with Crippen molar-refractivity contribution in [3.8, 4) is 11.5 Å². The molecule has 1 aliphatic heterocycles. The summed E-state index contributed by atoms with van der Waals surface area (Å²) in [4.78, 5) is 12.2. The van der Waals surface area contributed by atoms with E-state index in [4.69, 9.17) is 9.47 Å². The Labute approximate surface area is 153 Å². The van der Waals surface area contributed by atoms with Gasteiger partial charge in [-0.1, -0.05) is 37.5 Å². The zero-order valence-corrected chi connectivity index (χ0v) is 14.7. The van der Waals surface area contributed by atoms with Crippen molar-refractivity contribution < 1.29 is 14.3 Å². The van der Waals surface area contributed by atoms with Crippen LogP contribution in [0.15, 0.2) is 48.5 Å². The smallest absolute Gasteiger partial charge is 0.248 e. The molecule has 4 heteroatoms. The van der Waals surface area contributed by atoms with Gasteiger partial charge in [-0.3, -0.25) is 4.79 Å². The normalized spacial score (nSPS) is 16.8. The summed E-state index contributed by atoms with van der Waals surface area (Å²) in [6.45, 7) is 0.250. The minimum absolute atomic E-state index is 0.145. The number of carbonyl (C=O) groups is 1. The molecular weight excluding hydrogens is 326 g/mol. The van der Waals surface area contributed by atoms with Crippen LogP contribution in [0, 0.1) is 0 Å². The molecule has 2 aromatic carbocycles. The molecule has 0 unspecified atom stereocenters. The lowest BCUT2D eigenvalue weighted by atomic mass is 9.84. The van der Waals surface area contributed by atoms with Crippen molar-refractivity contribution in [2.45, 2.75) is 38.0 Å². The van der Waals surface area contributed by atoms with E-state index in [1.165, 1.54) is 43.7 Å². The van der Waals surface area contributed by atoms with E-state index < -0.39 is 0 Å². The highest BCUT2D eigenvalue weighted by molar-refractivity contribution is 6.01. The van der Waals surface area contributed by atoms with Crippen molar-refractivity contribution in [1.29, 1.82) is 0 Å². The Morgan fingerprint density at radius 1 is 0.962 bits per heavy atom. The molecule has 0 aromatic heterocycles. The minimum Gasteiger partial charge on any atom is -0.454 e. The molecule has 0 saturated heterocycles. The van der Waals surface area contributed by atoms with E-state index in [9.17, 15) is 4.79 Å². The summed E-state index contributed by atoms with van der Waals surface area (Å²) in [7, 11) is 0. The SMILES string of the molecule is O=C(/C=C/c1ccc2c(c1)OCO2)Nc1ccc(C2CCCCC2)cc1. The average molecular weight is 349 g/mol. The maximum Gasteiger partial charge on any atom is 0.248 e. The van der Waals surface area contributed by atoms with E-state index in [1.807, 2.05) is 30.3 Å². The summed E-state index contributed by atoms with van der Waals surface area (Å²) in [5, 5.41) is 2.91. The van der Waals surface area contributed by atoms with Crippen LogP contribution < -0.4 is 14.8 Å². The molecule has 2 aromatic rings. The molecule has 1 saturated carbocycles. The monoisotopic (exact) mass is 349 g/mol. The van der Waals surface area contributed by atoms with Crippen molar-refractivity contribution in [3.05, 3.63) is 59.7 Å². The van der Waals surface area contributed by atoms with Gasteiger partial charge in [-0.15, -0.1) is 0 Å². The lowest BCUT2D eigenvalue weighted by Gasteiger charge is -2.22. The first-order valence-electron chi connectivity index (χ1n) is 9.26. The fourth-order valence-electron chi connectivity index (χ4n) is 3.65. The molecule has 1 fully saturated rings. The van der Waals surface area contributed by atoms with Gasteiger partial charge in [-0.25, -0.2) is 0 Å². The Hall–Kier alpha value is -2.75. The Morgan fingerprint density at radius 3 is 2.54 bits per heavy atom. The fraction of sp³-hybridized carbons (Fsp3) is 0.318. The van der Waals surface area contributed by atoms with Gasteiger partial charge in [0.2, 0.25) is 12.7 Å². The average Bonchev–Trinajstić information content (AvgIpc) is 3.15. The molecule has 1 heterocycles. The summed E-state index contributed by atoms with van der Waals surface area (Å²) in [5.74, 6) is 1.99. The van der Waals surface area contributed by atoms with Crippen LogP contribution in [-0.2, 0) is 4.79 Å². The van der Waals surface area contributed by atoms with Gasteiger partial charge in [0.05, 0.1) is 0 Å². The van der Waals surface area contributed by atoms with Crippen molar-refractivity contribution in [3.63, 3.8) is 0 Å². The van der Waals surface area contributed by atoms with E-state index in [0.29, 0.717) is 11.7 Å². The van der Waals surface area contributed by atoms with Crippen molar-refractivity contribution in [1.82, 2.24) is 0 Å². The third kappa shape index (κ3) is 3.90. The van der Waals surface area contributed by atoms with Crippen LogP contribution >= 0.6 is 0 Å².